The Labute approximate surface area is 117 Å². The van der Waals surface area contributed by atoms with Crippen molar-refractivity contribution in [1.29, 1.82) is 0 Å². The van der Waals surface area contributed by atoms with Crippen LogP contribution in [0.2, 0.25) is 0 Å². The van der Waals surface area contributed by atoms with Crippen LogP contribution in [0, 0.1) is 0 Å². The third-order valence-corrected chi connectivity index (χ3v) is 3.18. The summed E-state index contributed by atoms with van der Waals surface area (Å²) in [4.78, 5) is 27.4. The second-order valence-corrected chi connectivity index (χ2v) is 4.72. The minimum Gasteiger partial charge on any atom is -0.508 e. The lowest BCUT2D eigenvalue weighted by molar-refractivity contribution is -0.118. The SMILES string of the molecule is CC/C=C(O)\C=C1\CCN(c2ccc(=O)[nH]c2)C(=O)C1. The zero-order valence-electron chi connectivity index (χ0n) is 11.4. The van der Waals surface area contributed by atoms with Gasteiger partial charge in [-0.2, -0.15) is 0 Å². The van der Waals surface area contributed by atoms with Crippen LogP contribution in [0.3, 0.4) is 0 Å². The standard InChI is InChI=1S/C15H18N2O3/c1-2-3-13(18)8-11-6-7-17(15(20)9-11)12-4-5-14(19)16-10-12/h3-5,8,10,18H,2,6-7,9H2,1H3,(H,16,19)/b11-8-,13-3+. The number of amides is 1. The number of hydrogen-bond acceptors (Lipinski definition) is 3. The van der Waals surface area contributed by atoms with E-state index in [4.69, 9.17) is 0 Å². The Morgan fingerprint density at radius 2 is 2.25 bits per heavy atom. The molecule has 1 amide bonds. The van der Waals surface area contributed by atoms with Crippen molar-refractivity contribution in [2.24, 2.45) is 0 Å². The molecule has 2 rings (SSSR count). The number of allylic oxidation sites excluding steroid dienone is 2. The molecule has 0 aromatic carbocycles. The van der Waals surface area contributed by atoms with Crippen molar-refractivity contribution in [3.63, 3.8) is 0 Å². The monoisotopic (exact) mass is 274 g/mol. The lowest BCUT2D eigenvalue weighted by Gasteiger charge is -2.28. The number of aromatic nitrogens is 1. The molecule has 0 atom stereocenters. The molecule has 0 saturated carbocycles. The minimum atomic E-state index is -0.187. The van der Waals surface area contributed by atoms with Gasteiger partial charge in [0.05, 0.1) is 5.69 Å². The fourth-order valence-corrected chi connectivity index (χ4v) is 2.20. The number of aliphatic hydroxyl groups is 1. The Kier molecular flexibility index (Phi) is 4.40. The van der Waals surface area contributed by atoms with E-state index < -0.39 is 0 Å². The molecule has 2 N–H and O–H groups in total. The second kappa shape index (κ2) is 6.23. The average Bonchev–Trinajstić information content (AvgIpc) is 2.40. The van der Waals surface area contributed by atoms with Gasteiger partial charge in [0.2, 0.25) is 11.5 Å². The van der Waals surface area contributed by atoms with Gasteiger partial charge < -0.3 is 15.0 Å². The smallest absolute Gasteiger partial charge is 0.248 e. The van der Waals surface area contributed by atoms with Gasteiger partial charge in [0.1, 0.15) is 5.76 Å². The number of aliphatic hydroxyl groups excluding tert-OH is 1. The van der Waals surface area contributed by atoms with Crippen LogP contribution in [0.4, 0.5) is 5.69 Å². The molecule has 1 aliphatic heterocycles. The van der Waals surface area contributed by atoms with Crippen LogP contribution in [-0.2, 0) is 4.79 Å². The average molecular weight is 274 g/mol. The maximum absolute atomic E-state index is 12.1. The molecule has 106 valence electrons. The molecular weight excluding hydrogens is 256 g/mol. The molecule has 0 radical (unpaired) electrons. The summed E-state index contributed by atoms with van der Waals surface area (Å²) in [6.07, 6.45) is 6.70. The van der Waals surface area contributed by atoms with Crippen LogP contribution in [0.25, 0.3) is 0 Å². The van der Waals surface area contributed by atoms with E-state index in [2.05, 4.69) is 4.98 Å². The number of pyridine rings is 1. The van der Waals surface area contributed by atoms with Crippen molar-refractivity contribution in [2.75, 3.05) is 11.4 Å². The van der Waals surface area contributed by atoms with Crippen molar-refractivity contribution in [3.8, 4) is 0 Å². The maximum Gasteiger partial charge on any atom is 0.248 e. The van der Waals surface area contributed by atoms with Crippen molar-refractivity contribution in [3.05, 3.63) is 52.2 Å². The number of H-pyrrole nitrogens is 1. The highest BCUT2D eigenvalue weighted by Crippen LogP contribution is 2.23. The largest absolute Gasteiger partial charge is 0.508 e. The van der Waals surface area contributed by atoms with Crippen LogP contribution in [0.1, 0.15) is 26.2 Å². The predicted molar refractivity (Wildman–Crippen MR) is 77.7 cm³/mol. The fraction of sp³-hybridized carbons (Fsp3) is 0.333. The molecule has 0 bridgehead atoms. The first-order chi connectivity index (χ1) is 9.60. The molecule has 1 fully saturated rings. The van der Waals surface area contributed by atoms with E-state index in [1.807, 2.05) is 6.92 Å². The van der Waals surface area contributed by atoms with Crippen molar-refractivity contribution in [1.82, 2.24) is 4.98 Å². The highest BCUT2D eigenvalue weighted by Gasteiger charge is 2.22. The number of carbonyl (C=O) groups excluding carboxylic acids is 1. The maximum atomic E-state index is 12.1. The van der Waals surface area contributed by atoms with E-state index in [0.29, 0.717) is 25.1 Å². The van der Waals surface area contributed by atoms with Crippen LogP contribution in [-0.4, -0.2) is 22.5 Å². The summed E-state index contributed by atoms with van der Waals surface area (Å²) < 4.78 is 0. The molecule has 0 spiro atoms. The third kappa shape index (κ3) is 3.38. The lowest BCUT2D eigenvalue weighted by Crippen LogP contribution is -2.36. The molecule has 0 unspecified atom stereocenters. The molecule has 1 aromatic rings. The van der Waals surface area contributed by atoms with Gasteiger partial charge in [-0.05, 0) is 31.1 Å². The van der Waals surface area contributed by atoms with Gasteiger partial charge >= 0.3 is 0 Å². The van der Waals surface area contributed by atoms with Gasteiger partial charge in [-0.3, -0.25) is 9.59 Å². The third-order valence-electron chi connectivity index (χ3n) is 3.18. The van der Waals surface area contributed by atoms with Crippen molar-refractivity contribution >= 4 is 11.6 Å². The Hall–Kier alpha value is -2.30. The Morgan fingerprint density at radius 1 is 1.45 bits per heavy atom. The molecule has 1 aliphatic rings. The quantitative estimate of drug-likeness (QED) is 0.830. The minimum absolute atomic E-state index is 0.0288. The van der Waals surface area contributed by atoms with E-state index in [1.165, 1.54) is 6.07 Å². The van der Waals surface area contributed by atoms with E-state index in [0.717, 1.165) is 12.0 Å². The zero-order valence-corrected chi connectivity index (χ0v) is 11.4. The summed E-state index contributed by atoms with van der Waals surface area (Å²) in [6, 6.07) is 3.05. The summed E-state index contributed by atoms with van der Waals surface area (Å²) >= 11 is 0. The van der Waals surface area contributed by atoms with Crippen LogP contribution < -0.4 is 10.5 Å². The first-order valence-corrected chi connectivity index (χ1v) is 6.68. The topological polar surface area (TPSA) is 73.4 Å². The number of piperidine rings is 1. The highest BCUT2D eigenvalue weighted by molar-refractivity contribution is 5.95. The summed E-state index contributed by atoms with van der Waals surface area (Å²) in [5.74, 6) is 0.187. The fourth-order valence-electron chi connectivity index (χ4n) is 2.20. The first-order valence-electron chi connectivity index (χ1n) is 6.68. The first kappa shape index (κ1) is 14.1. The van der Waals surface area contributed by atoms with E-state index in [9.17, 15) is 14.7 Å². The Morgan fingerprint density at radius 3 is 2.85 bits per heavy atom. The molecule has 0 aliphatic carbocycles. The Balaban J connectivity index is 2.10. The predicted octanol–water partition coefficient (Wildman–Crippen LogP) is 2.28. The highest BCUT2D eigenvalue weighted by atomic mass is 16.3. The molecule has 5 heteroatoms. The number of carbonyl (C=O) groups is 1. The van der Waals surface area contributed by atoms with E-state index in [-0.39, 0.29) is 17.2 Å². The van der Waals surface area contributed by atoms with Crippen LogP contribution in [0.5, 0.6) is 0 Å². The van der Waals surface area contributed by atoms with Gasteiger partial charge in [-0.15, -0.1) is 0 Å². The summed E-state index contributed by atoms with van der Waals surface area (Å²) in [7, 11) is 0. The number of nitrogens with zero attached hydrogens (tertiary/aromatic N) is 1. The zero-order chi connectivity index (χ0) is 14.5. The van der Waals surface area contributed by atoms with Gasteiger partial charge in [0.15, 0.2) is 0 Å². The Bertz CT molecular complexity index is 593. The van der Waals surface area contributed by atoms with Crippen molar-refractivity contribution < 1.29 is 9.90 Å². The summed E-state index contributed by atoms with van der Waals surface area (Å²) in [6.45, 7) is 2.49. The number of nitrogens with one attached hydrogen (secondary N) is 1. The lowest BCUT2D eigenvalue weighted by atomic mass is 10.0. The number of hydrogen-bond donors (Lipinski definition) is 2. The van der Waals surface area contributed by atoms with Gasteiger partial charge in [-0.1, -0.05) is 12.5 Å². The molecule has 20 heavy (non-hydrogen) atoms. The van der Waals surface area contributed by atoms with E-state index in [1.54, 1.807) is 29.3 Å². The molecule has 1 aromatic heterocycles. The second-order valence-electron chi connectivity index (χ2n) is 4.72. The molecule has 2 heterocycles. The summed E-state index contributed by atoms with van der Waals surface area (Å²) in [5.41, 5.74) is 1.44. The molecule has 1 saturated heterocycles. The van der Waals surface area contributed by atoms with Crippen LogP contribution >= 0.6 is 0 Å². The van der Waals surface area contributed by atoms with Crippen molar-refractivity contribution in [2.45, 2.75) is 26.2 Å². The number of aromatic amines is 1. The summed E-state index contributed by atoms with van der Waals surface area (Å²) in [5, 5.41) is 9.62. The molecule has 5 nitrogen and oxygen atoms in total. The van der Waals surface area contributed by atoms with Crippen LogP contribution in [0.15, 0.2) is 46.6 Å². The molecular formula is C15H18N2O3. The van der Waals surface area contributed by atoms with Gasteiger partial charge in [0, 0.05) is 25.2 Å². The van der Waals surface area contributed by atoms with Gasteiger partial charge in [0.25, 0.3) is 0 Å². The van der Waals surface area contributed by atoms with Gasteiger partial charge in [-0.25, -0.2) is 0 Å². The number of anilines is 1. The van der Waals surface area contributed by atoms with E-state index >= 15 is 0 Å². The number of rotatable bonds is 3. The normalized spacial score (nSPS) is 18.6.